The number of carbonyl (C=O) groups excluding carboxylic acids is 1. The average Bonchev–Trinajstić information content (AvgIpc) is 2.69. The Labute approximate surface area is 124 Å². The first-order chi connectivity index (χ1) is 10.2. The number of hydrogen-bond donors (Lipinski definition) is 2. The van der Waals surface area contributed by atoms with Gasteiger partial charge in [-0.15, -0.1) is 0 Å². The fourth-order valence-electron chi connectivity index (χ4n) is 2.41. The highest BCUT2D eigenvalue weighted by molar-refractivity contribution is 5.85. The second-order valence-electron chi connectivity index (χ2n) is 5.18. The van der Waals surface area contributed by atoms with Gasteiger partial charge < -0.3 is 15.3 Å². The van der Waals surface area contributed by atoms with E-state index in [2.05, 4.69) is 10.3 Å². The standard InChI is InChI=1S/C15H21N3O3/c19-14-8-2-1-3-10-18(14)11-5-9-16-13-7-4-6-12(17-13)15(20)21/h4,6-7H,1-3,5,8-11H2,(H,16,17)(H,20,21). The number of nitrogens with one attached hydrogen (secondary N) is 1. The number of carboxylic acid groups (broad SMARTS) is 1. The minimum absolute atomic E-state index is 0.0303. The largest absolute Gasteiger partial charge is 0.477 e. The van der Waals surface area contributed by atoms with Crippen molar-refractivity contribution in [3.05, 3.63) is 23.9 Å². The molecule has 0 unspecified atom stereocenters. The van der Waals surface area contributed by atoms with Crippen molar-refractivity contribution in [3.63, 3.8) is 0 Å². The van der Waals surface area contributed by atoms with Gasteiger partial charge in [0.25, 0.3) is 0 Å². The van der Waals surface area contributed by atoms with Crippen molar-refractivity contribution in [2.75, 3.05) is 25.0 Å². The molecule has 2 rings (SSSR count). The fourth-order valence-corrected chi connectivity index (χ4v) is 2.41. The predicted molar refractivity (Wildman–Crippen MR) is 79.4 cm³/mol. The van der Waals surface area contributed by atoms with E-state index < -0.39 is 5.97 Å². The zero-order chi connectivity index (χ0) is 15.1. The quantitative estimate of drug-likeness (QED) is 0.783. The van der Waals surface area contributed by atoms with Crippen LogP contribution in [0.25, 0.3) is 0 Å². The molecule has 21 heavy (non-hydrogen) atoms. The number of pyridine rings is 1. The molecule has 0 aliphatic carbocycles. The van der Waals surface area contributed by atoms with Crippen molar-refractivity contribution >= 4 is 17.7 Å². The van der Waals surface area contributed by atoms with Gasteiger partial charge in [-0.2, -0.15) is 0 Å². The van der Waals surface area contributed by atoms with Crippen LogP contribution in [-0.2, 0) is 4.79 Å². The molecule has 6 nitrogen and oxygen atoms in total. The van der Waals surface area contributed by atoms with E-state index in [1.54, 1.807) is 12.1 Å². The first-order valence-corrected chi connectivity index (χ1v) is 7.39. The molecule has 1 fully saturated rings. The monoisotopic (exact) mass is 291 g/mol. The van der Waals surface area contributed by atoms with Gasteiger partial charge in [-0.05, 0) is 31.4 Å². The zero-order valence-electron chi connectivity index (χ0n) is 12.0. The summed E-state index contributed by atoms with van der Waals surface area (Å²) in [6, 6.07) is 4.87. The third-order valence-electron chi connectivity index (χ3n) is 3.55. The van der Waals surface area contributed by atoms with E-state index in [4.69, 9.17) is 5.11 Å². The number of anilines is 1. The summed E-state index contributed by atoms with van der Waals surface area (Å²) in [7, 11) is 0. The number of rotatable bonds is 6. The van der Waals surface area contributed by atoms with Gasteiger partial charge in [0.15, 0.2) is 5.69 Å². The van der Waals surface area contributed by atoms with E-state index in [1.165, 1.54) is 6.07 Å². The molecular weight excluding hydrogens is 270 g/mol. The number of hydrogen-bond acceptors (Lipinski definition) is 4. The Bertz CT molecular complexity index is 505. The number of carboxylic acids is 1. The molecule has 1 aromatic heterocycles. The maximum absolute atomic E-state index is 11.8. The smallest absolute Gasteiger partial charge is 0.354 e. The molecular formula is C15H21N3O3. The predicted octanol–water partition coefficient (Wildman–Crippen LogP) is 1.98. The summed E-state index contributed by atoms with van der Waals surface area (Å²) >= 11 is 0. The first kappa shape index (κ1) is 15.3. The van der Waals surface area contributed by atoms with E-state index in [0.717, 1.165) is 38.8 Å². The van der Waals surface area contributed by atoms with Gasteiger partial charge in [-0.1, -0.05) is 12.5 Å². The molecule has 0 radical (unpaired) electrons. The molecule has 0 spiro atoms. The lowest BCUT2D eigenvalue weighted by atomic mass is 10.2. The van der Waals surface area contributed by atoms with Gasteiger partial charge in [-0.25, -0.2) is 9.78 Å². The minimum atomic E-state index is -1.03. The van der Waals surface area contributed by atoms with Crippen molar-refractivity contribution < 1.29 is 14.7 Å². The topological polar surface area (TPSA) is 82.5 Å². The summed E-state index contributed by atoms with van der Waals surface area (Å²) in [5, 5.41) is 12.0. The van der Waals surface area contributed by atoms with Crippen LogP contribution in [0.5, 0.6) is 0 Å². The molecule has 1 aliphatic heterocycles. The number of nitrogens with zero attached hydrogens (tertiary/aromatic N) is 2. The summed E-state index contributed by atoms with van der Waals surface area (Å²) in [6.45, 7) is 2.26. The van der Waals surface area contributed by atoms with Crippen LogP contribution in [0.4, 0.5) is 5.82 Å². The molecule has 1 aromatic rings. The molecule has 1 aliphatic rings. The van der Waals surface area contributed by atoms with Gasteiger partial charge in [-0.3, -0.25) is 4.79 Å². The Morgan fingerprint density at radius 3 is 3.00 bits per heavy atom. The van der Waals surface area contributed by atoms with Crippen molar-refractivity contribution in [2.45, 2.75) is 32.1 Å². The Hall–Kier alpha value is -2.11. The molecule has 2 N–H and O–H groups in total. The van der Waals surface area contributed by atoms with Crippen LogP contribution in [0, 0.1) is 0 Å². The number of amides is 1. The van der Waals surface area contributed by atoms with E-state index in [1.807, 2.05) is 4.90 Å². The molecule has 0 aromatic carbocycles. The van der Waals surface area contributed by atoms with Crippen LogP contribution in [0.3, 0.4) is 0 Å². The van der Waals surface area contributed by atoms with Crippen LogP contribution in [-0.4, -0.2) is 46.5 Å². The van der Waals surface area contributed by atoms with Crippen molar-refractivity contribution in [2.24, 2.45) is 0 Å². The Kier molecular flexibility index (Phi) is 5.54. The van der Waals surface area contributed by atoms with Gasteiger partial charge in [0.1, 0.15) is 5.82 Å². The molecule has 0 saturated carbocycles. The van der Waals surface area contributed by atoms with E-state index in [9.17, 15) is 9.59 Å². The summed E-state index contributed by atoms with van der Waals surface area (Å²) in [4.78, 5) is 28.6. The van der Waals surface area contributed by atoms with Crippen LogP contribution in [0.15, 0.2) is 18.2 Å². The van der Waals surface area contributed by atoms with Gasteiger partial charge in [0, 0.05) is 26.1 Å². The summed E-state index contributed by atoms with van der Waals surface area (Å²) in [5.41, 5.74) is 0.0303. The molecule has 1 amide bonds. The third kappa shape index (κ3) is 4.73. The third-order valence-corrected chi connectivity index (χ3v) is 3.55. The summed E-state index contributed by atoms with van der Waals surface area (Å²) < 4.78 is 0. The lowest BCUT2D eigenvalue weighted by Crippen LogP contribution is -2.32. The van der Waals surface area contributed by atoms with E-state index >= 15 is 0 Å². The zero-order valence-corrected chi connectivity index (χ0v) is 12.0. The highest BCUT2D eigenvalue weighted by Gasteiger charge is 2.15. The second kappa shape index (κ2) is 7.61. The minimum Gasteiger partial charge on any atom is -0.477 e. The van der Waals surface area contributed by atoms with Crippen molar-refractivity contribution in [1.82, 2.24) is 9.88 Å². The molecule has 0 atom stereocenters. The van der Waals surface area contributed by atoms with E-state index in [0.29, 0.717) is 18.8 Å². The molecule has 1 saturated heterocycles. The average molecular weight is 291 g/mol. The first-order valence-electron chi connectivity index (χ1n) is 7.39. The SMILES string of the molecule is O=C(O)c1cccc(NCCCN2CCCCCC2=O)n1. The highest BCUT2D eigenvalue weighted by Crippen LogP contribution is 2.11. The number of aromatic carboxylic acids is 1. The summed E-state index contributed by atoms with van der Waals surface area (Å²) in [5.74, 6) is -0.232. The van der Waals surface area contributed by atoms with Gasteiger partial charge in [0.2, 0.25) is 5.91 Å². The molecule has 6 heteroatoms. The maximum Gasteiger partial charge on any atom is 0.354 e. The van der Waals surface area contributed by atoms with Crippen LogP contribution in [0.1, 0.15) is 42.6 Å². The summed E-state index contributed by atoms with van der Waals surface area (Å²) in [6.07, 6.45) is 4.70. The second-order valence-corrected chi connectivity index (χ2v) is 5.18. The Morgan fingerprint density at radius 1 is 1.33 bits per heavy atom. The number of carbonyl (C=O) groups is 2. The fraction of sp³-hybridized carbons (Fsp3) is 0.533. The van der Waals surface area contributed by atoms with Gasteiger partial charge >= 0.3 is 5.97 Å². The van der Waals surface area contributed by atoms with Crippen LogP contribution >= 0.6 is 0 Å². The molecule has 114 valence electrons. The number of aromatic nitrogens is 1. The lowest BCUT2D eigenvalue weighted by molar-refractivity contribution is -0.130. The van der Waals surface area contributed by atoms with Crippen LogP contribution in [0.2, 0.25) is 0 Å². The molecule has 0 bridgehead atoms. The van der Waals surface area contributed by atoms with E-state index in [-0.39, 0.29) is 11.6 Å². The van der Waals surface area contributed by atoms with Crippen LogP contribution < -0.4 is 5.32 Å². The lowest BCUT2D eigenvalue weighted by Gasteiger charge is -2.20. The highest BCUT2D eigenvalue weighted by atomic mass is 16.4. The molecule has 2 heterocycles. The normalized spacial score (nSPS) is 15.6. The van der Waals surface area contributed by atoms with Crippen molar-refractivity contribution in [3.8, 4) is 0 Å². The Morgan fingerprint density at radius 2 is 2.19 bits per heavy atom. The number of likely N-dealkylation sites (tertiary alicyclic amines) is 1. The van der Waals surface area contributed by atoms with Gasteiger partial charge in [0.05, 0.1) is 0 Å². The van der Waals surface area contributed by atoms with Crippen molar-refractivity contribution in [1.29, 1.82) is 0 Å². The Balaban J connectivity index is 1.75. The maximum atomic E-state index is 11.8.